The zero-order valence-corrected chi connectivity index (χ0v) is 33.1. The molecule has 0 bridgehead atoms. The number of nitrogens with one attached hydrogen (secondary N) is 2. The molecule has 2 aromatic heterocycles. The Kier molecular flexibility index (Phi) is 11.0. The Hall–Kier alpha value is -4.97. The van der Waals surface area contributed by atoms with E-state index in [0.29, 0.717) is 76.2 Å². The maximum atomic E-state index is 14.6. The van der Waals surface area contributed by atoms with Crippen LogP contribution < -0.4 is 21.1 Å². The van der Waals surface area contributed by atoms with Gasteiger partial charge in [0.05, 0.1) is 41.8 Å². The normalized spacial score (nSPS) is 23.9. The van der Waals surface area contributed by atoms with Gasteiger partial charge in [0.2, 0.25) is 11.7 Å². The molecule has 6 heterocycles. The molecule has 2 fully saturated rings. The van der Waals surface area contributed by atoms with Gasteiger partial charge in [-0.2, -0.15) is 22.7 Å². The summed E-state index contributed by atoms with van der Waals surface area (Å²) in [6, 6.07) is 11.1. The molecule has 5 atom stereocenters. The number of piperazine rings is 2. The van der Waals surface area contributed by atoms with Crippen LogP contribution in [0.1, 0.15) is 68.2 Å². The number of benzene rings is 2. The lowest BCUT2D eigenvalue weighted by Gasteiger charge is -2.46. The number of hydrogen-bond acceptors (Lipinski definition) is 9. The van der Waals surface area contributed by atoms with Crippen molar-refractivity contribution in [3.63, 3.8) is 0 Å². The number of anilines is 2. The molecule has 4 aliphatic heterocycles. The number of ether oxygens (including phenoxy) is 2. The average Bonchev–Trinajstić information content (AvgIpc) is 3.81. The standard InChI is InChI=1S/C40H45ClF3N9O5/c1-23-19-31(35(54)46-30-10-9-28(20-29(30)41)40(42,43)44)52-32(23)33(36(55)53-38(52)47-34(48-53)27-11-17-57-18-12-27)49-15-16-50(24(2)21-49)39(56)51-14-13-45-25(3)37(51)58-22-26-7-5-4-6-8-26/h4-11,20,23-25,31,37,45H,12-19,21-22H2,1-3H3,(H,46,54)/t23-,24-,25?,31+,37?/m1/s1. The highest BCUT2D eigenvalue weighted by Gasteiger charge is 2.43. The number of carbonyl (C=O) groups excluding carboxylic acids is 2. The van der Waals surface area contributed by atoms with Crippen molar-refractivity contribution >= 4 is 46.3 Å². The van der Waals surface area contributed by atoms with E-state index in [9.17, 15) is 27.6 Å². The predicted molar refractivity (Wildman–Crippen MR) is 211 cm³/mol. The van der Waals surface area contributed by atoms with Crippen LogP contribution in [0.5, 0.6) is 0 Å². The van der Waals surface area contributed by atoms with Crippen LogP contribution >= 0.6 is 11.6 Å². The molecule has 2 unspecified atom stereocenters. The SMILES string of the molecule is CC1NCCN(C(=O)N2CCN(c3c4n(c5nc(C6=CCOCC6)nn5c3=O)[C@H](C(=O)Nc3ccc(C(F)(F)F)cc3Cl)C[C@H]4C)C[C@H]2C)C1OCc1ccccc1. The molecule has 18 heteroatoms. The average molecular weight is 824 g/mol. The van der Waals surface area contributed by atoms with Crippen LogP contribution in [0.25, 0.3) is 11.4 Å². The summed E-state index contributed by atoms with van der Waals surface area (Å²) in [5.74, 6) is -0.328. The van der Waals surface area contributed by atoms with Gasteiger partial charge in [0.15, 0.2) is 5.82 Å². The van der Waals surface area contributed by atoms with Gasteiger partial charge in [-0.05, 0) is 56.0 Å². The number of hydrogen-bond donors (Lipinski definition) is 2. The monoisotopic (exact) mass is 823 g/mol. The zero-order valence-electron chi connectivity index (χ0n) is 32.3. The fraction of sp³-hybridized carbons (Fsp3) is 0.475. The molecule has 2 N–H and O–H groups in total. The van der Waals surface area contributed by atoms with Gasteiger partial charge in [-0.25, -0.2) is 4.79 Å². The van der Waals surface area contributed by atoms with Gasteiger partial charge >= 0.3 is 12.2 Å². The number of rotatable bonds is 7. The Balaban J connectivity index is 1.10. The molecule has 14 nitrogen and oxygen atoms in total. The molecule has 8 rings (SSSR count). The van der Waals surface area contributed by atoms with Crippen LogP contribution in [0.15, 0.2) is 59.4 Å². The second-order valence-corrected chi connectivity index (χ2v) is 15.7. The molecular formula is C40H45ClF3N9O5. The minimum Gasteiger partial charge on any atom is -0.377 e. The number of urea groups is 1. The van der Waals surface area contributed by atoms with Crippen molar-refractivity contribution < 1.29 is 32.2 Å². The van der Waals surface area contributed by atoms with E-state index in [0.717, 1.165) is 29.3 Å². The Bertz CT molecular complexity index is 2300. The topological polar surface area (TPSA) is 139 Å². The summed E-state index contributed by atoms with van der Waals surface area (Å²) in [4.78, 5) is 53.4. The van der Waals surface area contributed by atoms with Gasteiger partial charge < -0.3 is 29.9 Å². The minimum atomic E-state index is -4.61. The highest BCUT2D eigenvalue weighted by Crippen LogP contribution is 2.43. The first kappa shape index (κ1) is 39.8. The molecule has 4 aliphatic rings. The molecule has 2 saturated heterocycles. The molecule has 58 heavy (non-hydrogen) atoms. The lowest BCUT2D eigenvalue weighted by Crippen LogP contribution is -2.65. The molecule has 4 aromatic rings. The lowest BCUT2D eigenvalue weighted by atomic mass is 10.0. The molecular weight excluding hydrogens is 779 g/mol. The molecule has 3 amide bonds. The fourth-order valence-corrected chi connectivity index (χ4v) is 8.70. The summed E-state index contributed by atoms with van der Waals surface area (Å²) in [6.07, 6.45) is -2.42. The Labute approximate surface area is 337 Å². The zero-order chi connectivity index (χ0) is 40.9. The van der Waals surface area contributed by atoms with Gasteiger partial charge in [0, 0.05) is 50.7 Å². The maximum absolute atomic E-state index is 14.6. The molecule has 2 aromatic carbocycles. The van der Waals surface area contributed by atoms with Gasteiger partial charge in [-0.15, -0.1) is 5.10 Å². The molecule has 0 aliphatic carbocycles. The second-order valence-electron chi connectivity index (χ2n) is 15.3. The van der Waals surface area contributed by atoms with E-state index in [4.69, 9.17) is 26.1 Å². The third-order valence-corrected chi connectivity index (χ3v) is 11.7. The van der Waals surface area contributed by atoms with Crippen LogP contribution in [0.3, 0.4) is 0 Å². The first-order valence-electron chi connectivity index (χ1n) is 19.5. The van der Waals surface area contributed by atoms with Gasteiger partial charge in [-0.3, -0.25) is 19.1 Å². The first-order valence-corrected chi connectivity index (χ1v) is 19.9. The Morgan fingerprint density at radius 3 is 2.57 bits per heavy atom. The largest absolute Gasteiger partial charge is 0.416 e. The highest BCUT2D eigenvalue weighted by molar-refractivity contribution is 6.33. The molecule has 0 radical (unpaired) electrons. The van der Waals surface area contributed by atoms with Crippen molar-refractivity contribution in [3.8, 4) is 0 Å². The van der Waals surface area contributed by atoms with Gasteiger partial charge in [0.25, 0.3) is 5.56 Å². The third-order valence-electron chi connectivity index (χ3n) is 11.4. The highest BCUT2D eigenvalue weighted by atomic mass is 35.5. The van der Waals surface area contributed by atoms with E-state index in [2.05, 4.69) is 15.7 Å². The Morgan fingerprint density at radius 2 is 1.86 bits per heavy atom. The van der Waals surface area contributed by atoms with E-state index < -0.39 is 35.5 Å². The van der Waals surface area contributed by atoms with E-state index in [1.165, 1.54) is 4.52 Å². The fourth-order valence-electron chi connectivity index (χ4n) is 8.47. The summed E-state index contributed by atoms with van der Waals surface area (Å²) in [5, 5.41) is 10.5. The van der Waals surface area contributed by atoms with E-state index >= 15 is 0 Å². The summed E-state index contributed by atoms with van der Waals surface area (Å²) in [5.41, 5.74) is 1.45. The predicted octanol–water partition coefficient (Wildman–Crippen LogP) is 5.52. The smallest absolute Gasteiger partial charge is 0.377 e. The van der Waals surface area contributed by atoms with Crippen molar-refractivity contribution in [3.05, 3.63) is 92.6 Å². The van der Waals surface area contributed by atoms with Crippen molar-refractivity contribution in [1.82, 2.24) is 34.3 Å². The van der Waals surface area contributed by atoms with Crippen molar-refractivity contribution in [2.75, 3.05) is 56.2 Å². The molecule has 0 saturated carbocycles. The van der Waals surface area contributed by atoms with E-state index in [-0.39, 0.29) is 46.9 Å². The van der Waals surface area contributed by atoms with E-state index in [1.54, 1.807) is 9.47 Å². The van der Waals surface area contributed by atoms with Crippen molar-refractivity contribution in [2.45, 2.75) is 76.7 Å². The summed E-state index contributed by atoms with van der Waals surface area (Å²) in [6.45, 7) is 9.13. The van der Waals surface area contributed by atoms with Crippen LogP contribution in [0.2, 0.25) is 5.02 Å². The summed E-state index contributed by atoms with van der Waals surface area (Å²) in [7, 11) is 0. The summed E-state index contributed by atoms with van der Waals surface area (Å²) < 4.78 is 54.9. The third kappa shape index (κ3) is 7.55. The van der Waals surface area contributed by atoms with Crippen molar-refractivity contribution in [2.24, 2.45) is 0 Å². The van der Waals surface area contributed by atoms with Crippen molar-refractivity contribution in [1.29, 1.82) is 0 Å². The molecule has 308 valence electrons. The number of halogens is 4. The summed E-state index contributed by atoms with van der Waals surface area (Å²) >= 11 is 6.25. The van der Waals surface area contributed by atoms with Crippen LogP contribution in [0, 0.1) is 0 Å². The van der Waals surface area contributed by atoms with Crippen LogP contribution in [-0.2, 0) is 27.1 Å². The first-order chi connectivity index (χ1) is 27.8. The number of carbonyl (C=O) groups is 2. The van der Waals surface area contributed by atoms with Gasteiger partial charge in [0.1, 0.15) is 18.0 Å². The maximum Gasteiger partial charge on any atom is 0.416 e. The van der Waals surface area contributed by atoms with E-state index in [1.807, 2.05) is 67.0 Å². The molecule has 0 spiro atoms. The Morgan fingerprint density at radius 1 is 1.07 bits per heavy atom. The second kappa shape index (κ2) is 16.0. The minimum absolute atomic E-state index is 0.0220. The number of amides is 3. The van der Waals surface area contributed by atoms with Gasteiger partial charge in [-0.1, -0.05) is 54.9 Å². The van der Waals surface area contributed by atoms with Crippen LogP contribution in [0.4, 0.5) is 29.3 Å². The number of fused-ring (bicyclic) bond motifs is 3. The quantitative estimate of drug-likeness (QED) is 0.247. The number of alkyl halides is 3. The van der Waals surface area contributed by atoms with Crippen LogP contribution in [-0.4, -0.2) is 105 Å². The lowest BCUT2D eigenvalue weighted by molar-refractivity contribution is -0.137. The number of nitrogens with zero attached hydrogens (tertiary/aromatic N) is 7. The number of aromatic nitrogens is 4.